The summed E-state index contributed by atoms with van der Waals surface area (Å²) in [5.74, 6) is 1.54. The molecule has 0 atom stereocenters. The highest BCUT2D eigenvalue weighted by Gasteiger charge is 2.25. The molecule has 1 saturated heterocycles. The molecule has 2 aromatic heterocycles. The summed E-state index contributed by atoms with van der Waals surface area (Å²) in [7, 11) is 0. The number of furan rings is 2. The molecule has 4 rings (SSSR count). The van der Waals surface area contributed by atoms with Crippen LogP contribution in [0.3, 0.4) is 0 Å². The summed E-state index contributed by atoms with van der Waals surface area (Å²) in [6.45, 7) is 3.42. The van der Waals surface area contributed by atoms with Gasteiger partial charge in [-0.15, -0.1) is 0 Å². The number of hydrogen-bond donors (Lipinski definition) is 0. The zero-order valence-electron chi connectivity index (χ0n) is 16.2. The molecule has 0 radical (unpaired) electrons. The quantitative estimate of drug-likeness (QED) is 0.434. The minimum absolute atomic E-state index is 0.00490. The van der Waals surface area contributed by atoms with Crippen molar-refractivity contribution in [1.29, 1.82) is 0 Å². The van der Waals surface area contributed by atoms with Gasteiger partial charge in [0.1, 0.15) is 18.1 Å². The highest BCUT2D eigenvalue weighted by molar-refractivity contribution is 5.91. The fourth-order valence-corrected chi connectivity index (χ4v) is 3.34. The Hall–Kier alpha value is -3.59. The van der Waals surface area contributed by atoms with Crippen molar-refractivity contribution in [2.24, 2.45) is 0 Å². The third-order valence-electron chi connectivity index (χ3n) is 4.92. The van der Waals surface area contributed by atoms with Gasteiger partial charge in [0, 0.05) is 32.2 Å². The molecule has 9 nitrogen and oxygen atoms in total. The van der Waals surface area contributed by atoms with Crippen molar-refractivity contribution < 1.29 is 23.3 Å². The minimum Gasteiger partial charge on any atom is -0.479 e. The van der Waals surface area contributed by atoms with E-state index < -0.39 is 4.92 Å². The molecule has 30 heavy (non-hydrogen) atoms. The van der Waals surface area contributed by atoms with Gasteiger partial charge in [0.2, 0.25) is 0 Å². The molecule has 156 valence electrons. The lowest BCUT2D eigenvalue weighted by Gasteiger charge is -2.33. The fourth-order valence-electron chi connectivity index (χ4n) is 3.34. The van der Waals surface area contributed by atoms with Crippen molar-refractivity contribution in [3.8, 4) is 5.75 Å². The number of carbonyl (C=O) groups excluding carboxylic acids is 1. The fraction of sp³-hybridized carbons (Fsp3) is 0.286. The van der Waals surface area contributed by atoms with Gasteiger partial charge in [0.05, 0.1) is 17.7 Å². The zero-order valence-corrected chi connectivity index (χ0v) is 16.2. The molecular formula is C21H21N3O6. The van der Waals surface area contributed by atoms with E-state index in [4.69, 9.17) is 13.6 Å². The van der Waals surface area contributed by atoms with Gasteiger partial charge >= 0.3 is 5.69 Å². The molecule has 1 aliphatic heterocycles. The molecule has 0 aliphatic carbocycles. The lowest BCUT2D eigenvalue weighted by molar-refractivity contribution is -0.386. The lowest BCUT2D eigenvalue weighted by atomic mass is 10.2. The number of para-hydroxylation sites is 2. The van der Waals surface area contributed by atoms with Crippen molar-refractivity contribution in [1.82, 2.24) is 9.80 Å². The van der Waals surface area contributed by atoms with Gasteiger partial charge in [0.15, 0.2) is 11.5 Å². The Morgan fingerprint density at radius 2 is 1.83 bits per heavy atom. The summed E-state index contributed by atoms with van der Waals surface area (Å²) >= 11 is 0. The van der Waals surface area contributed by atoms with Gasteiger partial charge in [-0.05, 0) is 30.3 Å². The third kappa shape index (κ3) is 4.52. The van der Waals surface area contributed by atoms with Crippen LogP contribution < -0.4 is 4.74 Å². The van der Waals surface area contributed by atoms with E-state index in [1.165, 1.54) is 12.1 Å². The van der Waals surface area contributed by atoms with E-state index in [2.05, 4.69) is 4.90 Å². The molecule has 0 spiro atoms. The van der Waals surface area contributed by atoms with Gasteiger partial charge < -0.3 is 18.5 Å². The maximum absolute atomic E-state index is 12.7. The standard InChI is InChI=1S/C21H21N3O6/c25-21(23-11-9-22(10-12-23)14-16-4-3-13-28-16)20-8-7-17(30-20)15-29-19-6-2-1-5-18(19)24(26)27/h1-8,13H,9-12,14-15H2. The summed E-state index contributed by atoms with van der Waals surface area (Å²) in [6.07, 6.45) is 1.66. The van der Waals surface area contributed by atoms with Crippen LogP contribution in [0, 0.1) is 10.1 Å². The Kier molecular flexibility index (Phi) is 5.80. The summed E-state index contributed by atoms with van der Waals surface area (Å²) in [5, 5.41) is 11.1. The number of carbonyl (C=O) groups is 1. The highest BCUT2D eigenvalue weighted by Crippen LogP contribution is 2.27. The average Bonchev–Trinajstić information content (AvgIpc) is 3.44. The SMILES string of the molecule is O=C(c1ccc(COc2ccccc2[N+](=O)[O-])o1)N1CCN(Cc2ccco2)CC1. The van der Waals surface area contributed by atoms with Crippen molar-refractivity contribution in [2.45, 2.75) is 13.2 Å². The van der Waals surface area contributed by atoms with Crippen LogP contribution in [0.2, 0.25) is 0 Å². The van der Waals surface area contributed by atoms with E-state index in [1.54, 1.807) is 35.4 Å². The summed E-state index contributed by atoms with van der Waals surface area (Å²) in [6, 6.07) is 13.2. The Labute approximate surface area is 172 Å². The molecule has 1 amide bonds. The smallest absolute Gasteiger partial charge is 0.310 e. The lowest BCUT2D eigenvalue weighted by Crippen LogP contribution is -2.48. The van der Waals surface area contributed by atoms with Crippen LogP contribution in [-0.4, -0.2) is 46.8 Å². The van der Waals surface area contributed by atoms with Crippen LogP contribution in [0.15, 0.2) is 63.6 Å². The van der Waals surface area contributed by atoms with Crippen molar-refractivity contribution >= 4 is 11.6 Å². The van der Waals surface area contributed by atoms with Crippen LogP contribution in [0.5, 0.6) is 5.75 Å². The average molecular weight is 411 g/mol. The number of ether oxygens (including phenoxy) is 1. The first-order valence-corrected chi connectivity index (χ1v) is 9.59. The topological polar surface area (TPSA) is 102 Å². The molecule has 0 unspecified atom stereocenters. The van der Waals surface area contributed by atoms with Crippen molar-refractivity contribution in [2.75, 3.05) is 26.2 Å². The molecule has 0 bridgehead atoms. The van der Waals surface area contributed by atoms with E-state index in [-0.39, 0.29) is 29.7 Å². The molecule has 3 heterocycles. The molecule has 1 fully saturated rings. The zero-order chi connectivity index (χ0) is 20.9. The second-order valence-corrected chi connectivity index (χ2v) is 6.93. The van der Waals surface area contributed by atoms with Crippen LogP contribution in [-0.2, 0) is 13.2 Å². The molecule has 1 aliphatic rings. The first kappa shape index (κ1) is 19.7. The van der Waals surface area contributed by atoms with Gasteiger partial charge in [-0.2, -0.15) is 0 Å². The molecular weight excluding hydrogens is 390 g/mol. The Morgan fingerprint density at radius 3 is 2.57 bits per heavy atom. The number of nitro groups is 1. The van der Waals surface area contributed by atoms with Crippen LogP contribution >= 0.6 is 0 Å². The van der Waals surface area contributed by atoms with Gasteiger partial charge in [-0.3, -0.25) is 19.8 Å². The summed E-state index contributed by atoms with van der Waals surface area (Å²) < 4.78 is 16.5. The normalized spacial score (nSPS) is 14.6. The van der Waals surface area contributed by atoms with E-state index in [0.717, 1.165) is 25.4 Å². The number of nitro benzene ring substituents is 1. The summed E-state index contributed by atoms with van der Waals surface area (Å²) in [4.78, 5) is 27.3. The number of piperazine rings is 1. The van der Waals surface area contributed by atoms with E-state index in [9.17, 15) is 14.9 Å². The maximum Gasteiger partial charge on any atom is 0.310 e. The molecule has 1 aromatic carbocycles. The maximum atomic E-state index is 12.7. The summed E-state index contributed by atoms with van der Waals surface area (Å²) in [5.41, 5.74) is -0.118. The molecule has 0 saturated carbocycles. The second-order valence-electron chi connectivity index (χ2n) is 6.93. The molecule has 9 heteroatoms. The number of rotatable bonds is 7. The van der Waals surface area contributed by atoms with Gasteiger partial charge in [-0.1, -0.05) is 12.1 Å². The number of nitrogens with zero attached hydrogens (tertiary/aromatic N) is 3. The van der Waals surface area contributed by atoms with Crippen LogP contribution in [0.25, 0.3) is 0 Å². The minimum atomic E-state index is -0.502. The molecule has 0 N–H and O–H groups in total. The second kappa shape index (κ2) is 8.83. The van der Waals surface area contributed by atoms with E-state index >= 15 is 0 Å². The monoisotopic (exact) mass is 411 g/mol. The van der Waals surface area contributed by atoms with E-state index in [0.29, 0.717) is 18.8 Å². The number of benzene rings is 1. The predicted octanol–water partition coefficient (Wildman–Crippen LogP) is 3.32. The Morgan fingerprint density at radius 1 is 1.03 bits per heavy atom. The number of amides is 1. The number of hydrogen-bond acceptors (Lipinski definition) is 7. The van der Waals surface area contributed by atoms with Crippen LogP contribution in [0.4, 0.5) is 5.69 Å². The Balaban J connectivity index is 1.31. The van der Waals surface area contributed by atoms with Crippen molar-refractivity contribution in [3.05, 3.63) is 82.2 Å². The van der Waals surface area contributed by atoms with Gasteiger partial charge in [0.25, 0.3) is 5.91 Å². The Bertz CT molecular complexity index is 1010. The van der Waals surface area contributed by atoms with Crippen molar-refractivity contribution in [3.63, 3.8) is 0 Å². The largest absolute Gasteiger partial charge is 0.479 e. The van der Waals surface area contributed by atoms with Gasteiger partial charge in [-0.25, -0.2) is 0 Å². The predicted molar refractivity (Wildman–Crippen MR) is 106 cm³/mol. The van der Waals surface area contributed by atoms with E-state index in [1.807, 2.05) is 12.1 Å². The first-order chi connectivity index (χ1) is 14.6. The van der Waals surface area contributed by atoms with Crippen LogP contribution in [0.1, 0.15) is 22.1 Å². The third-order valence-corrected chi connectivity index (χ3v) is 4.92. The molecule has 3 aromatic rings. The first-order valence-electron chi connectivity index (χ1n) is 9.59. The highest BCUT2D eigenvalue weighted by atomic mass is 16.6.